The second-order valence-electron chi connectivity index (χ2n) is 7.51. The first-order chi connectivity index (χ1) is 12.1. The number of ether oxygens (including phenoxy) is 2. The molecule has 5 nitrogen and oxygen atoms in total. The molecule has 1 amide bonds. The normalized spacial score (nSPS) is 24.1. The van der Waals surface area contributed by atoms with Gasteiger partial charge in [0.1, 0.15) is 0 Å². The Balaban J connectivity index is 1.61. The minimum atomic E-state index is -0.0752. The molecule has 0 spiro atoms. The Morgan fingerprint density at radius 2 is 2.08 bits per heavy atom. The first-order valence-corrected chi connectivity index (χ1v) is 9.36. The molecule has 1 saturated heterocycles. The Morgan fingerprint density at radius 3 is 2.80 bits per heavy atom. The van der Waals surface area contributed by atoms with E-state index in [1.165, 1.54) is 19.3 Å². The summed E-state index contributed by atoms with van der Waals surface area (Å²) in [4.78, 5) is 14.9. The smallest absolute Gasteiger partial charge is 0.251 e. The topological polar surface area (TPSA) is 50.8 Å². The lowest BCUT2D eigenvalue weighted by Gasteiger charge is -2.34. The van der Waals surface area contributed by atoms with E-state index >= 15 is 0 Å². The van der Waals surface area contributed by atoms with Crippen molar-refractivity contribution in [3.63, 3.8) is 0 Å². The minimum absolute atomic E-state index is 0.0369. The van der Waals surface area contributed by atoms with E-state index in [1.807, 2.05) is 38.4 Å². The molecule has 138 valence electrons. The SMILES string of the molecule is CN(C)Cc1ccccc1C(=O)N[C@@H]1COCC[C@@H]1OCC1CCC1. The minimum Gasteiger partial charge on any atom is -0.379 e. The van der Waals surface area contributed by atoms with Crippen molar-refractivity contribution in [3.8, 4) is 0 Å². The molecular weight excluding hydrogens is 316 g/mol. The van der Waals surface area contributed by atoms with Crippen LogP contribution in [0.5, 0.6) is 0 Å². The number of amides is 1. The zero-order valence-electron chi connectivity index (χ0n) is 15.4. The Morgan fingerprint density at radius 1 is 1.28 bits per heavy atom. The fourth-order valence-corrected chi connectivity index (χ4v) is 3.44. The molecule has 2 aliphatic rings. The lowest BCUT2D eigenvalue weighted by molar-refractivity contribution is -0.0696. The zero-order valence-corrected chi connectivity index (χ0v) is 15.4. The summed E-state index contributed by atoms with van der Waals surface area (Å²) in [5.41, 5.74) is 1.77. The van der Waals surface area contributed by atoms with Gasteiger partial charge in [-0.05, 0) is 50.9 Å². The molecule has 5 heteroatoms. The molecule has 25 heavy (non-hydrogen) atoms. The largest absolute Gasteiger partial charge is 0.379 e. The fourth-order valence-electron chi connectivity index (χ4n) is 3.44. The van der Waals surface area contributed by atoms with Crippen molar-refractivity contribution in [1.82, 2.24) is 10.2 Å². The molecule has 1 saturated carbocycles. The third kappa shape index (κ3) is 5.03. The highest BCUT2D eigenvalue weighted by Crippen LogP contribution is 2.27. The average molecular weight is 346 g/mol. The van der Waals surface area contributed by atoms with Crippen LogP contribution in [0.4, 0.5) is 0 Å². The maximum atomic E-state index is 12.8. The van der Waals surface area contributed by atoms with E-state index in [0.29, 0.717) is 19.1 Å². The molecule has 2 fully saturated rings. The summed E-state index contributed by atoms with van der Waals surface area (Å²) in [5.74, 6) is 0.671. The summed E-state index contributed by atoms with van der Waals surface area (Å²) < 4.78 is 11.7. The van der Waals surface area contributed by atoms with Gasteiger partial charge in [-0.25, -0.2) is 0 Å². The zero-order chi connectivity index (χ0) is 17.6. The molecule has 1 aliphatic carbocycles. The van der Waals surface area contributed by atoms with Gasteiger partial charge < -0.3 is 19.7 Å². The predicted octanol–water partition coefficient (Wildman–Crippen LogP) is 2.45. The lowest BCUT2D eigenvalue weighted by Crippen LogP contribution is -2.51. The Bertz CT molecular complexity index is 572. The van der Waals surface area contributed by atoms with Gasteiger partial charge in [-0.3, -0.25) is 4.79 Å². The van der Waals surface area contributed by atoms with Crippen LogP contribution in [0.2, 0.25) is 0 Å². The number of rotatable bonds is 7. The molecule has 1 aromatic rings. The number of benzene rings is 1. The molecule has 0 aromatic heterocycles. The number of carbonyl (C=O) groups excluding carboxylic acids is 1. The van der Waals surface area contributed by atoms with Gasteiger partial charge in [-0.15, -0.1) is 0 Å². The standard InChI is InChI=1S/C20H30N2O3/c1-22(2)12-16-8-3-4-9-17(16)20(23)21-18-14-24-11-10-19(18)25-13-15-6-5-7-15/h3-4,8-9,15,18-19H,5-7,10-14H2,1-2H3,(H,21,23)/t18-,19+/m1/s1. The van der Waals surface area contributed by atoms with Crippen molar-refractivity contribution in [1.29, 1.82) is 0 Å². The van der Waals surface area contributed by atoms with Crippen LogP contribution in [-0.4, -0.2) is 56.9 Å². The van der Waals surface area contributed by atoms with Gasteiger partial charge >= 0.3 is 0 Å². The lowest BCUT2D eigenvalue weighted by atomic mass is 9.86. The first kappa shape index (κ1) is 18.4. The number of hydrogen-bond acceptors (Lipinski definition) is 4. The summed E-state index contributed by atoms with van der Waals surface area (Å²) >= 11 is 0. The molecule has 3 rings (SSSR count). The van der Waals surface area contributed by atoms with Crippen molar-refractivity contribution in [2.24, 2.45) is 5.92 Å². The second-order valence-corrected chi connectivity index (χ2v) is 7.51. The van der Waals surface area contributed by atoms with Crippen molar-refractivity contribution < 1.29 is 14.3 Å². The maximum absolute atomic E-state index is 12.8. The number of hydrogen-bond donors (Lipinski definition) is 1. The Kier molecular flexibility index (Phi) is 6.45. The highest BCUT2D eigenvalue weighted by Gasteiger charge is 2.30. The summed E-state index contributed by atoms with van der Waals surface area (Å²) in [6.45, 7) is 2.79. The van der Waals surface area contributed by atoms with Crippen molar-refractivity contribution in [2.75, 3.05) is 33.9 Å². The van der Waals surface area contributed by atoms with Crippen LogP contribution in [0.3, 0.4) is 0 Å². The third-order valence-corrected chi connectivity index (χ3v) is 5.13. The molecular formula is C20H30N2O3. The molecule has 1 N–H and O–H groups in total. The second kappa shape index (κ2) is 8.79. The molecule has 0 bridgehead atoms. The van der Waals surface area contributed by atoms with E-state index in [4.69, 9.17) is 9.47 Å². The van der Waals surface area contributed by atoms with Gasteiger partial charge in [0.2, 0.25) is 0 Å². The Labute approximate surface area is 150 Å². The highest BCUT2D eigenvalue weighted by molar-refractivity contribution is 5.95. The average Bonchev–Trinajstić information content (AvgIpc) is 2.55. The third-order valence-electron chi connectivity index (χ3n) is 5.13. The van der Waals surface area contributed by atoms with Crippen LogP contribution in [-0.2, 0) is 16.0 Å². The predicted molar refractivity (Wildman–Crippen MR) is 97.6 cm³/mol. The highest BCUT2D eigenvalue weighted by atomic mass is 16.5. The molecule has 2 atom stereocenters. The first-order valence-electron chi connectivity index (χ1n) is 9.36. The van der Waals surface area contributed by atoms with Gasteiger partial charge in [0, 0.05) is 25.3 Å². The van der Waals surface area contributed by atoms with E-state index in [1.54, 1.807) is 0 Å². The van der Waals surface area contributed by atoms with Gasteiger partial charge in [0.15, 0.2) is 0 Å². The summed E-state index contributed by atoms with van der Waals surface area (Å²) in [6.07, 6.45) is 4.78. The molecule has 1 aliphatic heterocycles. The van der Waals surface area contributed by atoms with Gasteiger partial charge in [0.25, 0.3) is 5.91 Å². The monoisotopic (exact) mass is 346 g/mol. The van der Waals surface area contributed by atoms with Crippen LogP contribution in [0.1, 0.15) is 41.6 Å². The summed E-state index contributed by atoms with van der Waals surface area (Å²) in [6, 6.07) is 7.72. The maximum Gasteiger partial charge on any atom is 0.251 e. The molecule has 0 radical (unpaired) electrons. The van der Waals surface area contributed by atoms with Crippen LogP contribution in [0, 0.1) is 5.92 Å². The number of carbonyl (C=O) groups is 1. The van der Waals surface area contributed by atoms with Gasteiger partial charge in [-0.2, -0.15) is 0 Å². The summed E-state index contributed by atoms with van der Waals surface area (Å²) in [7, 11) is 4.02. The molecule has 1 aromatic carbocycles. The van der Waals surface area contributed by atoms with E-state index in [0.717, 1.165) is 30.7 Å². The van der Waals surface area contributed by atoms with Crippen LogP contribution >= 0.6 is 0 Å². The van der Waals surface area contributed by atoms with E-state index in [9.17, 15) is 4.79 Å². The van der Waals surface area contributed by atoms with Gasteiger partial charge in [-0.1, -0.05) is 24.6 Å². The number of nitrogens with one attached hydrogen (secondary N) is 1. The number of nitrogens with zero attached hydrogens (tertiary/aromatic N) is 1. The van der Waals surface area contributed by atoms with E-state index in [-0.39, 0.29) is 18.1 Å². The fraction of sp³-hybridized carbons (Fsp3) is 0.650. The van der Waals surface area contributed by atoms with Crippen molar-refractivity contribution >= 4 is 5.91 Å². The van der Waals surface area contributed by atoms with Crippen molar-refractivity contribution in [3.05, 3.63) is 35.4 Å². The van der Waals surface area contributed by atoms with Crippen LogP contribution in [0.25, 0.3) is 0 Å². The van der Waals surface area contributed by atoms with Crippen molar-refractivity contribution in [2.45, 2.75) is 44.4 Å². The Hall–Kier alpha value is -1.43. The summed E-state index contributed by atoms with van der Waals surface area (Å²) in [5, 5.41) is 3.15. The molecule has 0 unspecified atom stereocenters. The van der Waals surface area contributed by atoms with E-state index in [2.05, 4.69) is 10.2 Å². The van der Waals surface area contributed by atoms with Crippen LogP contribution < -0.4 is 5.32 Å². The quantitative estimate of drug-likeness (QED) is 0.824. The molecule has 1 heterocycles. The van der Waals surface area contributed by atoms with Crippen LogP contribution in [0.15, 0.2) is 24.3 Å². The van der Waals surface area contributed by atoms with E-state index < -0.39 is 0 Å². The van der Waals surface area contributed by atoms with Gasteiger partial charge in [0.05, 0.1) is 18.8 Å².